The summed E-state index contributed by atoms with van der Waals surface area (Å²) < 4.78 is 0. The summed E-state index contributed by atoms with van der Waals surface area (Å²) in [7, 11) is 0. The molecule has 3 N–H and O–H groups in total. The zero-order valence-electron chi connectivity index (χ0n) is 8.23. The van der Waals surface area contributed by atoms with Crippen molar-refractivity contribution in [3.05, 3.63) is 18.3 Å². The predicted molar refractivity (Wildman–Crippen MR) is 58.4 cm³/mol. The van der Waals surface area contributed by atoms with Crippen LogP contribution in [0.5, 0.6) is 0 Å². The van der Waals surface area contributed by atoms with Crippen LogP contribution in [0.3, 0.4) is 0 Å². The Morgan fingerprint density at radius 3 is 3.20 bits per heavy atom. The van der Waals surface area contributed by atoms with E-state index < -0.39 is 0 Å². The molecule has 2 heterocycles. The first-order valence-electron chi connectivity index (χ1n) is 4.97. The van der Waals surface area contributed by atoms with Crippen LogP contribution in [-0.2, 0) is 4.84 Å². The number of hydroxylamine groups is 1. The summed E-state index contributed by atoms with van der Waals surface area (Å²) in [6, 6.07) is 3.89. The van der Waals surface area contributed by atoms with Gasteiger partial charge in [0, 0.05) is 11.9 Å². The second kappa shape index (κ2) is 3.13. The van der Waals surface area contributed by atoms with E-state index in [-0.39, 0.29) is 0 Å². The van der Waals surface area contributed by atoms with E-state index in [1.165, 1.54) is 0 Å². The highest BCUT2D eigenvalue weighted by atomic mass is 16.7. The highest BCUT2D eigenvalue weighted by Gasteiger charge is 2.16. The molecule has 1 aromatic heterocycles. The van der Waals surface area contributed by atoms with Gasteiger partial charge in [-0.2, -0.15) is 5.10 Å². The standard InChI is InChI=1S/C10H12N4O/c11-8-4-7-6-12-13-9(7)5-10(8)14-2-1-3-15-14/h4-6H,1-3,11H2,(H,12,13). The van der Waals surface area contributed by atoms with Crippen molar-refractivity contribution in [3.8, 4) is 0 Å². The molecule has 1 aromatic carbocycles. The molecule has 1 fully saturated rings. The highest BCUT2D eigenvalue weighted by molar-refractivity contribution is 5.88. The maximum atomic E-state index is 5.96. The van der Waals surface area contributed by atoms with Gasteiger partial charge in [-0.3, -0.25) is 15.0 Å². The van der Waals surface area contributed by atoms with Gasteiger partial charge in [-0.25, -0.2) is 0 Å². The minimum atomic E-state index is 0.728. The first kappa shape index (κ1) is 8.55. The summed E-state index contributed by atoms with van der Waals surface area (Å²) in [5.74, 6) is 0. The van der Waals surface area contributed by atoms with Crippen LogP contribution in [0.4, 0.5) is 11.4 Å². The Hall–Kier alpha value is -1.75. The maximum absolute atomic E-state index is 5.96. The quantitative estimate of drug-likeness (QED) is 0.687. The largest absolute Gasteiger partial charge is 0.397 e. The minimum absolute atomic E-state index is 0.728. The summed E-state index contributed by atoms with van der Waals surface area (Å²) in [4.78, 5) is 5.46. The lowest BCUT2D eigenvalue weighted by Gasteiger charge is -2.17. The first-order chi connectivity index (χ1) is 7.34. The van der Waals surface area contributed by atoms with Gasteiger partial charge in [-0.05, 0) is 18.6 Å². The summed E-state index contributed by atoms with van der Waals surface area (Å²) in [6.07, 6.45) is 2.81. The monoisotopic (exact) mass is 204 g/mol. The third kappa shape index (κ3) is 1.32. The Labute approximate surface area is 86.8 Å². The van der Waals surface area contributed by atoms with Crippen molar-refractivity contribution in [1.29, 1.82) is 0 Å². The van der Waals surface area contributed by atoms with Gasteiger partial charge in [-0.1, -0.05) is 0 Å². The van der Waals surface area contributed by atoms with Crippen molar-refractivity contribution >= 4 is 22.3 Å². The van der Waals surface area contributed by atoms with E-state index >= 15 is 0 Å². The van der Waals surface area contributed by atoms with Crippen molar-refractivity contribution in [2.75, 3.05) is 23.9 Å². The molecule has 1 saturated heterocycles. The van der Waals surface area contributed by atoms with E-state index in [4.69, 9.17) is 10.6 Å². The van der Waals surface area contributed by atoms with Gasteiger partial charge in [0.2, 0.25) is 0 Å². The number of aromatic amines is 1. The van der Waals surface area contributed by atoms with Crippen LogP contribution in [0.15, 0.2) is 18.3 Å². The van der Waals surface area contributed by atoms with Gasteiger partial charge < -0.3 is 5.73 Å². The number of nitrogen functional groups attached to an aromatic ring is 1. The van der Waals surface area contributed by atoms with Gasteiger partial charge in [0.1, 0.15) is 0 Å². The van der Waals surface area contributed by atoms with Crippen LogP contribution in [0.25, 0.3) is 10.9 Å². The topological polar surface area (TPSA) is 67.2 Å². The van der Waals surface area contributed by atoms with Crippen LogP contribution >= 0.6 is 0 Å². The Bertz CT molecular complexity index is 487. The summed E-state index contributed by atoms with van der Waals surface area (Å²) in [6.45, 7) is 1.66. The fourth-order valence-electron chi connectivity index (χ4n) is 1.85. The van der Waals surface area contributed by atoms with Gasteiger partial charge in [-0.15, -0.1) is 0 Å². The molecule has 5 heteroatoms. The van der Waals surface area contributed by atoms with Crippen LogP contribution in [-0.4, -0.2) is 23.3 Å². The molecule has 1 aliphatic heterocycles. The van der Waals surface area contributed by atoms with E-state index in [0.29, 0.717) is 0 Å². The number of H-pyrrole nitrogens is 1. The van der Waals surface area contributed by atoms with E-state index in [0.717, 1.165) is 41.9 Å². The average Bonchev–Trinajstić information content (AvgIpc) is 2.85. The fraction of sp³-hybridized carbons (Fsp3) is 0.300. The molecular formula is C10H12N4O. The average molecular weight is 204 g/mol. The summed E-state index contributed by atoms with van der Waals surface area (Å²) in [5, 5.41) is 9.76. The van der Waals surface area contributed by atoms with Crippen molar-refractivity contribution in [1.82, 2.24) is 10.2 Å². The normalized spacial score (nSPS) is 16.4. The van der Waals surface area contributed by atoms with E-state index in [1.807, 2.05) is 17.2 Å². The molecule has 0 unspecified atom stereocenters. The third-order valence-corrected chi connectivity index (χ3v) is 2.61. The number of hydrogen-bond donors (Lipinski definition) is 2. The molecule has 0 amide bonds. The number of nitrogens with zero attached hydrogens (tertiary/aromatic N) is 2. The number of nitrogens with two attached hydrogens (primary N) is 1. The van der Waals surface area contributed by atoms with Crippen molar-refractivity contribution in [2.45, 2.75) is 6.42 Å². The van der Waals surface area contributed by atoms with Crippen molar-refractivity contribution < 1.29 is 4.84 Å². The molecule has 3 rings (SSSR count). The number of benzene rings is 1. The molecule has 0 atom stereocenters. The number of hydrogen-bond acceptors (Lipinski definition) is 4. The smallest absolute Gasteiger partial charge is 0.0887 e. The van der Waals surface area contributed by atoms with Crippen LogP contribution in [0, 0.1) is 0 Å². The lowest BCUT2D eigenvalue weighted by atomic mass is 10.2. The van der Waals surface area contributed by atoms with Gasteiger partial charge >= 0.3 is 0 Å². The fourth-order valence-corrected chi connectivity index (χ4v) is 1.85. The SMILES string of the molecule is Nc1cc2cn[nH]c2cc1N1CCCO1. The molecule has 0 radical (unpaired) electrons. The summed E-state index contributed by atoms with van der Waals surface area (Å²) >= 11 is 0. The van der Waals surface area contributed by atoms with Crippen molar-refractivity contribution in [2.24, 2.45) is 0 Å². The molecular weight excluding hydrogens is 192 g/mol. The zero-order chi connectivity index (χ0) is 10.3. The number of aromatic nitrogens is 2. The Kier molecular flexibility index (Phi) is 1.78. The lowest BCUT2D eigenvalue weighted by Crippen LogP contribution is -2.17. The predicted octanol–water partition coefficient (Wildman–Crippen LogP) is 1.29. The zero-order valence-corrected chi connectivity index (χ0v) is 8.23. The number of rotatable bonds is 1. The summed E-state index contributed by atoms with van der Waals surface area (Å²) in [5.41, 5.74) is 8.59. The second-order valence-corrected chi connectivity index (χ2v) is 3.66. The van der Waals surface area contributed by atoms with E-state index in [1.54, 1.807) is 6.20 Å². The van der Waals surface area contributed by atoms with Crippen LogP contribution < -0.4 is 10.8 Å². The number of nitrogens with one attached hydrogen (secondary N) is 1. The highest BCUT2D eigenvalue weighted by Crippen LogP contribution is 2.29. The molecule has 2 aromatic rings. The maximum Gasteiger partial charge on any atom is 0.0887 e. The Morgan fingerprint density at radius 2 is 2.40 bits per heavy atom. The second-order valence-electron chi connectivity index (χ2n) is 3.66. The third-order valence-electron chi connectivity index (χ3n) is 2.61. The van der Waals surface area contributed by atoms with Crippen molar-refractivity contribution in [3.63, 3.8) is 0 Å². The minimum Gasteiger partial charge on any atom is -0.397 e. The van der Waals surface area contributed by atoms with Crippen LogP contribution in [0.1, 0.15) is 6.42 Å². The number of anilines is 2. The molecule has 0 spiro atoms. The Morgan fingerprint density at radius 1 is 1.47 bits per heavy atom. The first-order valence-corrected chi connectivity index (χ1v) is 4.97. The molecule has 0 saturated carbocycles. The lowest BCUT2D eigenvalue weighted by molar-refractivity contribution is 0.168. The molecule has 1 aliphatic rings. The number of fused-ring (bicyclic) bond motifs is 1. The Balaban J connectivity index is 2.11. The molecule has 78 valence electrons. The van der Waals surface area contributed by atoms with Gasteiger partial charge in [0.25, 0.3) is 0 Å². The molecule has 0 aliphatic carbocycles. The van der Waals surface area contributed by atoms with Gasteiger partial charge in [0.15, 0.2) is 0 Å². The van der Waals surface area contributed by atoms with E-state index in [2.05, 4.69) is 10.2 Å². The van der Waals surface area contributed by atoms with Gasteiger partial charge in [0.05, 0.1) is 29.7 Å². The molecule has 0 bridgehead atoms. The van der Waals surface area contributed by atoms with Crippen LogP contribution in [0.2, 0.25) is 0 Å². The molecule has 5 nitrogen and oxygen atoms in total. The molecule has 15 heavy (non-hydrogen) atoms. The van der Waals surface area contributed by atoms with E-state index in [9.17, 15) is 0 Å².